The number of hydrogen-bond acceptors (Lipinski definition) is 2. The van der Waals surface area contributed by atoms with Crippen molar-refractivity contribution in [2.75, 3.05) is 6.61 Å². The third-order valence-corrected chi connectivity index (χ3v) is 2.39. The number of carboxylic acid groups (broad SMARTS) is 1. The molecule has 15 heavy (non-hydrogen) atoms. The van der Waals surface area contributed by atoms with Crippen LogP contribution >= 0.6 is 11.6 Å². The number of hydrogen-bond donors (Lipinski definition) is 1. The number of aliphatic carboxylic acids is 1. The van der Waals surface area contributed by atoms with E-state index in [4.69, 9.17) is 21.4 Å². The number of halogens is 2. The number of carboxylic acids is 1. The Morgan fingerprint density at radius 1 is 1.53 bits per heavy atom. The van der Waals surface area contributed by atoms with Crippen LogP contribution in [-0.4, -0.2) is 17.7 Å². The Balaban J connectivity index is 2.59. The molecule has 1 aromatic carbocycles. The zero-order valence-corrected chi connectivity index (χ0v) is 8.21. The van der Waals surface area contributed by atoms with E-state index in [9.17, 15) is 9.18 Å². The van der Waals surface area contributed by atoms with Crippen LogP contribution in [-0.2, 0) is 4.79 Å². The van der Waals surface area contributed by atoms with Crippen LogP contribution in [0.25, 0.3) is 6.08 Å². The zero-order chi connectivity index (χ0) is 11.0. The van der Waals surface area contributed by atoms with Crippen LogP contribution < -0.4 is 4.74 Å². The molecule has 0 fully saturated rings. The second-order valence-electron chi connectivity index (χ2n) is 3.04. The minimum atomic E-state index is -1.10. The van der Waals surface area contributed by atoms with Crippen molar-refractivity contribution in [3.05, 3.63) is 34.1 Å². The van der Waals surface area contributed by atoms with Crippen LogP contribution in [0.3, 0.4) is 0 Å². The average molecular weight is 229 g/mol. The molecular formula is C10H6ClFO3. The fourth-order valence-electron chi connectivity index (χ4n) is 1.32. The first-order valence-electron chi connectivity index (χ1n) is 4.14. The normalized spacial score (nSPS) is 13.9. The van der Waals surface area contributed by atoms with Crippen LogP contribution in [0.15, 0.2) is 17.7 Å². The number of rotatable bonds is 1. The number of benzene rings is 1. The smallest absolute Gasteiger partial charge is 0.335 e. The Morgan fingerprint density at radius 2 is 2.27 bits per heavy atom. The van der Waals surface area contributed by atoms with Gasteiger partial charge < -0.3 is 9.84 Å². The van der Waals surface area contributed by atoms with Crippen molar-refractivity contribution in [2.45, 2.75) is 0 Å². The van der Waals surface area contributed by atoms with Crippen LogP contribution in [0.5, 0.6) is 5.75 Å². The molecule has 0 radical (unpaired) electrons. The summed E-state index contributed by atoms with van der Waals surface area (Å²) in [4.78, 5) is 10.7. The predicted molar refractivity (Wildman–Crippen MR) is 52.5 cm³/mol. The molecule has 78 valence electrons. The van der Waals surface area contributed by atoms with Gasteiger partial charge in [0.15, 0.2) is 11.6 Å². The molecular weight excluding hydrogens is 223 g/mol. The van der Waals surface area contributed by atoms with Gasteiger partial charge in [0, 0.05) is 5.56 Å². The van der Waals surface area contributed by atoms with Gasteiger partial charge >= 0.3 is 5.97 Å². The third-order valence-electron chi connectivity index (χ3n) is 2.06. The molecule has 5 heteroatoms. The van der Waals surface area contributed by atoms with Gasteiger partial charge in [-0.3, -0.25) is 0 Å². The summed E-state index contributed by atoms with van der Waals surface area (Å²) >= 11 is 5.80. The molecule has 1 aromatic rings. The van der Waals surface area contributed by atoms with Crippen molar-refractivity contribution in [3.8, 4) is 5.75 Å². The Hall–Kier alpha value is -1.55. The minimum Gasteiger partial charge on any atom is -0.485 e. The third kappa shape index (κ3) is 1.68. The molecule has 0 aliphatic carbocycles. The van der Waals surface area contributed by atoms with Crippen LogP contribution in [0.2, 0.25) is 5.02 Å². The second-order valence-corrected chi connectivity index (χ2v) is 3.44. The molecule has 0 atom stereocenters. The highest BCUT2D eigenvalue weighted by atomic mass is 35.5. The lowest BCUT2D eigenvalue weighted by Gasteiger charge is -2.17. The van der Waals surface area contributed by atoms with Crippen LogP contribution in [0.1, 0.15) is 5.56 Å². The summed E-state index contributed by atoms with van der Waals surface area (Å²) in [6, 6.07) is 2.54. The lowest BCUT2D eigenvalue weighted by Crippen LogP contribution is -2.15. The monoisotopic (exact) mass is 228 g/mol. The Bertz CT molecular complexity index is 468. The van der Waals surface area contributed by atoms with Crippen LogP contribution in [0.4, 0.5) is 4.39 Å². The molecule has 2 rings (SSSR count). The maximum Gasteiger partial charge on any atom is 0.335 e. The summed E-state index contributed by atoms with van der Waals surface area (Å²) in [5, 5.41) is 9.01. The minimum absolute atomic E-state index is 0.00694. The van der Waals surface area contributed by atoms with Crippen molar-refractivity contribution in [1.29, 1.82) is 0 Å². The maximum atomic E-state index is 13.2. The molecule has 3 nitrogen and oxygen atoms in total. The van der Waals surface area contributed by atoms with E-state index in [2.05, 4.69) is 0 Å². The quantitative estimate of drug-likeness (QED) is 0.803. The fraction of sp³-hybridized carbons (Fsp3) is 0.100. The molecule has 0 spiro atoms. The molecule has 0 aromatic heterocycles. The van der Waals surface area contributed by atoms with Gasteiger partial charge in [0.25, 0.3) is 0 Å². The summed E-state index contributed by atoms with van der Waals surface area (Å²) in [7, 11) is 0. The highest BCUT2D eigenvalue weighted by Crippen LogP contribution is 2.34. The average Bonchev–Trinajstić information content (AvgIpc) is 2.23. The standard InChI is InChI=1S/C10H6ClFO3/c11-7-1-2-8(12)9-6(7)3-5(4-15-9)10(13)14/h1-3H,4H2,(H,13,14). The molecule has 1 N–H and O–H groups in total. The van der Waals surface area contributed by atoms with Crippen molar-refractivity contribution in [3.63, 3.8) is 0 Å². The Morgan fingerprint density at radius 3 is 2.93 bits per heavy atom. The van der Waals surface area contributed by atoms with Crippen molar-refractivity contribution < 1.29 is 19.0 Å². The van der Waals surface area contributed by atoms with E-state index < -0.39 is 11.8 Å². The Kier molecular flexibility index (Phi) is 2.36. The van der Waals surface area contributed by atoms with Crippen molar-refractivity contribution >= 4 is 23.6 Å². The number of carbonyl (C=O) groups is 1. The van der Waals surface area contributed by atoms with Gasteiger partial charge in [-0.1, -0.05) is 11.6 Å². The topological polar surface area (TPSA) is 46.5 Å². The molecule has 1 heterocycles. The predicted octanol–water partition coefficient (Wildman–Crippen LogP) is 2.34. The van der Waals surface area contributed by atoms with Gasteiger partial charge in [-0.05, 0) is 18.2 Å². The number of fused-ring (bicyclic) bond motifs is 1. The molecule has 1 aliphatic rings. The van der Waals surface area contributed by atoms with Gasteiger partial charge in [0.1, 0.15) is 6.61 Å². The summed E-state index contributed by atoms with van der Waals surface area (Å²) in [6.45, 7) is -0.153. The lowest BCUT2D eigenvalue weighted by atomic mass is 10.1. The summed E-state index contributed by atoms with van der Waals surface area (Å²) in [6.07, 6.45) is 1.33. The largest absolute Gasteiger partial charge is 0.485 e. The van der Waals surface area contributed by atoms with E-state index >= 15 is 0 Å². The fourth-order valence-corrected chi connectivity index (χ4v) is 1.52. The van der Waals surface area contributed by atoms with Crippen molar-refractivity contribution in [1.82, 2.24) is 0 Å². The van der Waals surface area contributed by atoms with Crippen LogP contribution in [0, 0.1) is 5.82 Å². The molecule has 0 amide bonds. The zero-order valence-electron chi connectivity index (χ0n) is 7.46. The maximum absolute atomic E-state index is 13.2. The SMILES string of the molecule is O=C(O)C1=Cc2c(Cl)ccc(F)c2OC1. The first kappa shape index (κ1) is 9.98. The van der Waals surface area contributed by atoms with Gasteiger partial charge in [-0.25, -0.2) is 9.18 Å². The first-order chi connectivity index (χ1) is 7.09. The molecule has 0 saturated carbocycles. The molecule has 1 aliphatic heterocycles. The molecule has 0 unspecified atom stereocenters. The molecule has 0 bridgehead atoms. The lowest BCUT2D eigenvalue weighted by molar-refractivity contribution is -0.132. The van der Waals surface area contributed by atoms with E-state index in [1.807, 2.05) is 0 Å². The highest BCUT2D eigenvalue weighted by molar-refractivity contribution is 6.32. The van der Waals surface area contributed by atoms with E-state index in [1.165, 1.54) is 18.2 Å². The summed E-state index contributed by atoms with van der Waals surface area (Å²) in [5.74, 6) is -1.64. The summed E-state index contributed by atoms with van der Waals surface area (Å²) in [5.41, 5.74) is 0.329. The van der Waals surface area contributed by atoms with E-state index in [1.54, 1.807) is 0 Å². The van der Waals surface area contributed by atoms with Gasteiger partial charge in [0.2, 0.25) is 0 Å². The van der Waals surface area contributed by atoms with Gasteiger partial charge in [-0.2, -0.15) is 0 Å². The van der Waals surface area contributed by atoms with E-state index in [0.29, 0.717) is 0 Å². The summed E-state index contributed by atoms with van der Waals surface area (Å²) < 4.78 is 18.2. The van der Waals surface area contributed by atoms with Gasteiger partial charge in [0.05, 0.1) is 10.6 Å². The van der Waals surface area contributed by atoms with E-state index in [-0.39, 0.29) is 28.5 Å². The Labute approximate surface area is 89.7 Å². The van der Waals surface area contributed by atoms with E-state index in [0.717, 1.165) is 0 Å². The molecule has 0 saturated heterocycles. The van der Waals surface area contributed by atoms with Gasteiger partial charge in [-0.15, -0.1) is 0 Å². The second kappa shape index (κ2) is 3.55. The van der Waals surface area contributed by atoms with Crippen molar-refractivity contribution in [2.24, 2.45) is 0 Å². The first-order valence-corrected chi connectivity index (χ1v) is 4.52. The highest BCUT2D eigenvalue weighted by Gasteiger charge is 2.21. The number of ether oxygens (including phenoxy) is 1.